The van der Waals surface area contributed by atoms with E-state index in [1.54, 1.807) is 7.11 Å². The van der Waals surface area contributed by atoms with Crippen LogP contribution >= 0.6 is 15.9 Å². The lowest BCUT2D eigenvalue weighted by Gasteiger charge is -2.28. The largest absolute Gasteiger partial charge is 0.496 e. The lowest BCUT2D eigenvalue weighted by atomic mass is 10.0. The van der Waals surface area contributed by atoms with Gasteiger partial charge in [-0.15, -0.1) is 0 Å². The molecule has 0 saturated carbocycles. The van der Waals surface area contributed by atoms with Gasteiger partial charge in [-0.2, -0.15) is 0 Å². The quantitative estimate of drug-likeness (QED) is 0.903. The van der Waals surface area contributed by atoms with Crippen LogP contribution in [0.1, 0.15) is 31.4 Å². The molecule has 0 amide bonds. The predicted octanol–water partition coefficient (Wildman–Crippen LogP) is 3.19. The van der Waals surface area contributed by atoms with Crippen molar-refractivity contribution in [1.82, 2.24) is 4.90 Å². The standard InChI is InChI=1S/C15H23BrN2O/c1-3-11-6-7-18(10-11)14(9-17)13-8-12(16)4-5-15(13)19-2/h4-5,8,11,14H,3,6-7,9-10,17H2,1-2H3. The number of hydrogen-bond acceptors (Lipinski definition) is 3. The van der Waals surface area contributed by atoms with E-state index in [9.17, 15) is 0 Å². The highest BCUT2D eigenvalue weighted by Crippen LogP contribution is 2.34. The van der Waals surface area contributed by atoms with Crippen LogP contribution in [0, 0.1) is 5.92 Å². The van der Waals surface area contributed by atoms with Gasteiger partial charge < -0.3 is 10.5 Å². The zero-order valence-corrected chi connectivity index (χ0v) is 13.3. The van der Waals surface area contributed by atoms with Gasteiger partial charge >= 0.3 is 0 Å². The molecule has 1 saturated heterocycles. The van der Waals surface area contributed by atoms with Crippen molar-refractivity contribution in [3.05, 3.63) is 28.2 Å². The summed E-state index contributed by atoms with van der Waals surface area (Å²) >= 11 is 3.54. The molecular weight excluding hydrogens is 304 g/mol. The van der Waals surface area contributed by atoms with Crippen LogP contribution in [0.15, 0.2) is 22.7 Å². The van der Waals surface area contributed by atoms with E-state index >= 15 is 0 Å². The van der Waals surface area contributed by atoms with Crippen LogP contribution in [0.5, 0.6) is 5.75 Å². The number of likely N-dealkylation sites (tertiary alicyclic amines) is 1. The van der Waals surface area contributed by atoms with Gasteiger partial charge in [0, 0.05) is 23.1 Å². The van der Waals surface area contributed by atoms with Crippen molar-refractivity contribution in [2.45, 2.75) is 25.8 Å². The van der Waals surface area contributed by atoms with Crippen LogP contribution in [0.4, 0.5) is 0 Å². The molecule has 0 bridgehead atoms. The topological polar surface area (TPSA) is 38.5 Å². The monoisotopic (exact) mass is 326 g/mol. The fraction of sp³-hybridized carbons (Fsp3) is 0.600. The molecule has 1 aromatic rings. The van der Waals surface area contributed by atoms with Crippen molar-refractivity contribution in [1.29, 1.82) is 0 Å². The minimum Gasteiger partial charge on any atom is -0.496 e. The van der Waals surface area contributed by atoms with E-state index in [2.05, 4.69) is 33.8 Å². The van der Waals surface area contributed by atoms with Gasteiger partial charge in [-0.05, 0) is 37.1 Å². The van der Waals surface area contributed by atoms with E-state index in [0.29, 0.717) is 6.54 Å². The van der Waals surface area contributed by atoms with Crippen LogP contribution in [0.25, 0.3) is 0 Å². The summed E-state index contributed by atoms with van der Waals surface area (Å²) in [6.07, 6.45) is 2.53. The first-order chi connectivity index (χ1) is 9.19. The summed E-state index contributed by atoms with van der Waals surface area (Å²) in [6, 6.07) is 6.41. The number of halogens is 1. The average molecular weight is 327 g/mol. The Morgan fingerprint density at radius 2 is 2.32 bits per heavy atom. The van der Waals surface area contributed by atoms with Crippen LogP contribution in [0.3, 0.4) is 0 Å². The lowest BCUT2D eigenvalue weighted by Crippen LogP contribution is -2.32. The van der Waals surface area contributed by atoms with Gasteiger partial charge in [0.2, 0.25) is 0 Å². The second-order valence-corrected chi connectivity index (χ2v) is 6.11. The maximum Gasteiger partial charge on any atom is 0.123 e. The molecule has 106 valence electrons. The highest BCUT2D eigenvalue weighted by atomic mass is 79.9. The molecular formula is C15H23BrN2O. The average Bonchev–Trinajstić information content (AvgIpc) is 2.89. The van der Waals surface area contributed by atoms with Crippen molar-refractivity contribution in [3.63, 3.8) is 0 Å². The first-order valence-electron chi connectivity index (χ1n) is 6.97. The summed E-state index contributed by atoms with van der Waals surface area (Å²) in [6.45, 7) is 5.18. The summed E-state index contributed by atoms with van der Waals surface area (Å²) in [4.78, 5) is 2.50. The van der Waals surface area contributed by atoms with E-state index in [1.165, 1.54) is 18.4 Å². The summed E-state index contributed by atoms with van der Waals surface area (Å²) in [5.41, 5.74) is 7.22. The fourth-order valence-corrected chi connectivity index (χ4v) is 3.30. The second kappa shape index (κ2) is 6.73. The minimum absolute atomic E-state index is 0.254. The van der Waals surface area contributed by atoms with Gasteiger partial charge in [0.15, 0.2) is 0 Å². The Balaban J connectivity index is 2.24. The lowest BCUT2D eigenvalue weighted by molar-refractivity contribution is 0.235. The van der Waals surface area contributed by atoms with Gasteiger partial charge in [0.25, 0.3) is 0 Å². The molecule has 1 heterocycles. The first-order valence-corrected chi connectivity index (χ1v) is 7.76. The number of rotatable bonds is 5. The zero-order valence-electron chi connectivity index (χ0n) is 11.7. The third-order valence-corrected chi connectivity index (χ3v) is 4.60. The minimum atomic E-state index is 0.254. The van der Waals surface area contributed by atoms with Crippen LogP contribution in [-0.2, 0) is 0 Å². The van der Waals surface area contributed by atoms with E-state index in [4.69, 9.17) is 10.5 Å². The highest BCUT2D eigenvalue weighted by molar-refractivity contribution is 9.10. The molecule has 0 radical (unpaired) electrons. The van der Waals surface area contributed by atoms with Crippen LogP contribution < -0.4 is 10.5 Å². The van der Waals surface area contributed by atoms with E-state index in [1.807, 2.05) is 12.1 Å². The number of hydrogen-bond donors (Lipinski definition) is 1. The van der Waals surface area contributed by atoms with Crippen molar-refractivity contribution in [2.24, 2.45) is 11.7 Å². The SMILES string of the molecule is CCC1CCN(C(CN)c2cc(Br)ccc2OC)C1. The van der Waals surface area contributed by atoms with Crippen LogP contribution in [-0.4, -0.2) is 31.6 Å². The molecule has 3 nitrogen and oxygen atoms in total. The second-order valence-electron chi connectivity index (χ2n) is 5.20. The summed E-state index contributed by atoms with van der Waals surface area (Å²) in [5, 5.41) is 0. The first kappa shape index (κ1) is 14.8. The number of nitrogens with two attached hydrogens (primary N) is 1. The third-order valence-electron chi connectivity index (χ3n) is 4.11. The van der Waals surface area contributed by atoms with Gasteiger partial charge in [0.05, 0.1) is 13.2 Å². The van der Waals surface area contributed by atoms with Crippen molar-refractivity contribution in [2.75, 3.05) is 26.7 Å². The molecule has 1 aliphatic heterocycles. The van der Waals surface area contributed by atoms with Crippen molar-refractivity contribution >= 4 is 15.9 Å². The molecule has 0 aromatic heterocycles. The number of benzene rings is 1. The molecule has 0 aliphatic carbocycles. The van der Waals surface area contributed by atoms with Gasteiger partial charge in [-0.3, -0.25) is 4.90 Å². The maximum atomic E-state index is 6.03. The Morgan fingerprint density at radius 3 is 2.89 bits per heavy atom. The molecule has 2 unspecified atom stereocenters. The Labute approximate surface area is 124 Å². The Hall–Kier alpha value is -0.580. The molecule has 0 spiro atoms. The molecule has 2 atom stereocenters. The number of methoxy groups -OCH3 is 1. The molecule has 1 aliphatic rings. The maximum absolute atomic E-state index is 6.03. The van der Waals surface area contributed by atoms with Gasteiger partial charge in [-0.25, -0.2) is 0 Å². The number of nitrogens with zero attached hydrogens (tertiary/aromatic N) is 1. The molecule has 2 N–H and O–H groups in total. The zero-order chi connectivity index (χ0) is 13.8. The fourth-order valence-electron chi connectivity index (χ4n) is 2.92. The Kier molecular flexibility index (Phi) is 5.25. The summed E-state index contributed by atoms with van der Waals surface area (Å²) in [5.74, 6) is 1.74. The molecule has 2 rings (SSSR count). The van der Waals surface area contributed by atoms with E-state index < -0.39 is 0 Å². The molecule has 4 heteroatoms. The van der Waals surface area contributed by atoms with Crippen molar-refractivity contribution < 1.29 is 4.74 Å². The molecule has 1 fully saturated rings. The van der Waals surface area contributed by atoms with E-state index in [-0.39, 0.29) is 6.04 Å². The predicted molar refractivity (Wildman–Crippen MR) is 82.5 cm³/mol. The smallest absolute Gasteiger partial charge is 0.123 e. The van der Waals surface area contributed by atoms with Crippen LogP contribution in [0.2, 0.25) is 0 Å². The summed E-state index contributed by atoms with van der Waals surface area (Å²) < 4.78 is 6.57. The van der Waals surface area contributed by atoms with Gasteiger partial charge in [0.1, 0.15) is 5.75 Å². The van der Waals surface area contributed by atoms with Gasteiger partial charge in [-0.1, -0.05) is 29.3 Å². The third kappa shape index (κ3) is 3.30. The highest BCUT2D eigenvalue weighted by Gasteiger charge is 2.29. The Bertz CT molecular complexity index is 425. The van der Waals surface area contributed by atoms with E-state index in [0.717, 1.165) is 29.2 Å². The normalized spacial score (nSPS) is 21.6. The van der Waals surface area contributed by atoms with Crippen molar-refractivity contribution in [3.8, 4) is 5.75 Å². The summed E-state index contributed by atoms with van der Waals surface area (Å²) in [7, 11) is 1.72. The molecule has 19 heavy (non-hydrogen) atoms. The number of ether oxygens (including phenoxy) is 1. The Morgan fingerprint density at radius 1 is 1.53 bits per heavy atom. The molecule has 1 aromatic carbocycles.